The molecule has 5 aromatic rings. The summed E-state index contributed by atoms with van der Waals surface area (Å²) in [7, 11) is 1.60. The smallest absolute Gasteiger partial charge is 0.253 e. The third-order valence-electron chi connectivity index (χ3n) is 7.47. The molecule has 9 nitrogen and oxygen atoms in total. The predicted octanol–water partition coefficient (Wildman–Crippen LogP) is 6.35. The number of carbonyl (C=O) groups is 2. The van der Waals surface area contributed by atoms with Crippen molar-refractivity contribution in [2.75, 3.05) is 12.9 Å². The number of benzene rings is 3. The molecular weight excluding hydrogens is 605 g/mol. The molecule has 0 saturated carbocycles. The van der Waals surface area contributed by atoms with E-state index in [9.17, 15) is 9.59 Å². The normalized spacial score (nSPS) is 14.3. The number of carbonyl (C=O) groups excluding carboxylic acids is 2. The lowest BCUT2D eigenvalue weighted by molar-refractivity contribution is -0.130. The van der Waals surface area contributed by atoms with Gasteiger partial charge in [0.05, 0.1) is 41.7 Å². The molecule has 0 aliphatic carbocycles. The van der Waals surface area contributed by atoms with Crippen LogP contribution in [0.25, 0.3) is 5.69 Å². The van der Waals surface area contributed by atoms with Gasteiger partial charge in [0.15, 0.2) is 11.0 Å². The number of amides is 2. The number of thioether (sulfide) groups is 1. The second kappa shape index (κ2) is 13.5. The van der Waals surface area contributed by atoms with Gasteiger partial charge in [-0.05, 0) is 55.1 Å². The van der Waals surface area contributed by atoms with E-state index in [0.717, 1.165) is 27.3 Å². The van der Waals surface area contributed by atoms with Crippen molar-refractivity contribution in [3.63, 3.8) is 0 Å². The molecule has 1 atom stereocenters. The van der Waals surface area contributed by atoms with E-state index in [1.165, 1.54) is 11.8 Å². The molecular formula is C34H32N6O3S2. The van der Waals surface area contributed by atoms with Crippen molar-refractivity contribution in [2.45, 2.75) is 38.0 Å². The van der Waals surface area contributed by atoms with Gasteiger partial charge in [-0.1, -0.05) is 77.5 Å². The molecule has 0 spiro atoms. The molecule has 0 bridgehead atoms. The van der Waals surface area contributed by atoms with E-state index in [0.29, 0.717) is 34.4 Å². The summed E-state index contributed by atoms with van der Waals surface area (Å²) in [4.78, 5) is 27.8. The summed E-state index contributed by atoms with van der Waals surface area (Å²) in [6, 6.07) is 27.0. The van der Waals surface area contributed by atoms with Crippen LogP contribution in [0.5, 0.6) is 5.75 Å². The number of thiophene rings is 1. The summed E-state index contributed by atoms with van der Waals surface area (Å²) in [5, 5.41) is 20.7. The molecule has 3 aromatic carbocycles. The van der Waals surface area contributed by atoms with Gasteiger partial charge in [-0.25, -0.2) is 5.01 Å². The van der Waals surface area contributed by atoms with Crippen molar-refractivity contribution >= 4 is 40.6 Å². The number of nitrogens with one attached hydrogen (secondary N) is 1. The van der Waals surface area contributed by atoms with Crippen LogP contribution in [0.15, 0.2) is 101 Å². The fourth-order valence-electron chi connectivity index (χ4n) is 5.18. The highest BCUT2D eigenvalue weighted by atomic mass is 32.2. The summed E-state index contributed by atoms with van der Waals surface area (Å²) < 4.78 is 7.48. The van der Waals surface area contributed by atoms with Gasteiger partial charge in [0.25, 0.3) is 11.8 Å². The third kappa shape index (κ3) is 6.69. The first-order chi connectivity index (χ1) is 21.9. The first-order valence-electron chi connectivity index (χ1n) is 14.5. The predicted molar refractivity (Wildman–Crippen MR) is 177 cm³/mol. The van der Waals surface area contributed by atoms with Crippen molar-refractivity contribution in [1.82, 2.24) is 25.1 Å². The number of para-hydroxylation sites is 2. The van der Waals surface area contributed by atoms with Crippen LogP contribution in [-0.4, -0.2) is 50.2 Å². The Hall–Kier alpha value is -4.74. The van der Waals surface area contributed by atoms with Crippen LogP contribution < -0.4 is 10.1 Å². The molecule has 0 saturated heterocycles. The highest BCUT2D eigenvalue weighted by molar-refractivity contribution is 7.99. The Bertz CT molecular complexity index is 1850. The van der Waals surface area contributed by atoms with Crippen molar-refractivity contribution < 1.29 is 14.3 Å². The maximum Gasteiger partial charge on any atom is 0.253 e. The minimum atomic E-state index is -0.215. The lowest BCUT2D eigenvalue weighted by Gasteiger charge is -2.22. The van der Waals surface area contributed by atoms with Crippen LogP contribution in [-0.2, 0) is 11.3 Å². The Morgan fingerprint density at radius 3 is 2.56 bits per heavy atom. The van der Waals surface area contributed by atoms with Crippen LogP contribution in [0.4, 0.5) is 0 Å². The number of hydrazone groups is 1. The second-order valence-electron chi connectivity index (χ2n) is 10.6. The molecule has 6 rings (SSSR count). The average Bonchev–Trinajstić information content (AvgIpc) is 3.83. The van der Waals surface area contributed by atoms with Gasteiger partial charge in [0, 0.05) is 12.0 Å². The zero-order valence-electron chi connectivity index (χ0n) is 25.1. The summed E-state index contributed by atoms with van der Waals surface area (Å²) >= 11 is 2.89. The largest absolute Gasteiger partial charge is 0.495 e. The third-order valence-corrected chi connectivity index (χ3v) is 9.30. The number of rotatable bonds is 10. The lowest BCUT2D eigenvalue weighted by Crippen LogP contribution is -2.28. The van der Waals surface area contributed by atoms with Crippen LogP contribution in [0.3, 0.4) is 0 Å². The second-order valence-corrected chi connectivity index (χ2v) is 12.5. The topological polar surface area (TPSA) is 102 Å². The maximum absolute atomic E-state index is 13.8. The Morgan fingerprint density at radius 2 is 1.80 bits per heavy atom. The summed E-state index contributed by atoms with van der Waals surface area (Å²) in [5.41, 5.74) is 5.37. The molecule has 3 heterocycles. The number of hydrogen-bond donors (Lipinski definition) is 1. The highest BCUT2D eigenvalue weighted by Gasteiger charge is 2.33. The van der Waals surface area contributed by atoms with Gasteiger partial charge < -0.3 is 10.1 Å². The summed E-state index contributed by atoms with van der Waals surface area (Å²) in [5.74, 6) is 0.856. The molecule has 11 heteroatoms. The van der Waals surface area contributed by atoms with Crippen molar-refractivity contribution in [2.24, 2.45) is 5.10 Å². The molecule has 0 unspecified atom stereocenters. The van der Waals surface area contributed by atoms with Gasteiger partial charge in [-0.2, -0.15) is 5.10 Å². The van der Waals surface area contributed by atoms with Crippen molar-refractivity contribution in [3.8, 4) is 11.4 Å². The zero-order valence-corrected chi connectivity index (χ0v) is 26.8. The molecule has 2 aromatic heterocycles. The Kier molecular flexibility index (Phi) is 9.08. The lowest BCUT2D eigenvalue weighted by atomic mass is 10.00. The Morgan fingerprint density at radius 1 is 0.978 bits per heavy atom. The maximum atomic E-state index is 13.8. The average molecular weight is 637 g/mol. The van der Waals surface area contributed by atoms with Crippen molar-refractivity contribution in [3.05, 3.63) is 123 Å². The summed E-state index contributed by atoms with van der Waals surface area (Å²) in [6.45, 7) is 4.12. The highest BCUT2D eigenvalue weighted by Crippen LogP contribution is 2.35. The molecule has 45 heavy (non-hydrogen) atoms. The number of nitrogens with zero attached hydrogens (tertiary/aromatic N) is 5. The number of aromatic nitrogens is 3. The number of aryl methyl sites for hydroxylation is 2. The Labute approximate surface area is 270 Å². The minimum Gasteiger partial charge on any atom is -0.495 e. The van der Waals surface area contributed by atoms with E-state index < -0.39 is 0 Å². The first-order valence-corrected chi connectivity index (χ1v) is 16.3. The first kappa shape index (κ1) is 30.3. The SMILES string of the molecule is COc1ccccc1-n1c(CNC(=O)c2cccc(C)c2)nnc1SCC(=O)N1N=C(c2cccs2)C[C@H]1c1ccc(C)cc1. The molecule has 1 aliphatic rings. The molecule has 0 fully saturated rings. The molecule has 0 radical (unpaired) electrons. The molecule has 2 amide bonds. The van der Waals surface area contributed by atoms with Crippen LogP contribution >= 0.6 is 23.1 Å². The fourth-order valence-corrected chi connectivity index (χ4v) is 6.72. The van der Waals surface area contributed by atoms with E-state index in [-0.39, 0.29) is 30.2 Å². The van der Waals surface area contributed by atoms with E-state index in [1.807, 2.05) is 78.4 Å². The van der Waals surface area contributed by atoms with E-state index in [4.69, 9.17) is 9.84 Å². The number of methoxy groups -OCH3 is 1. The van der Waals surface area contributed by atoms with E-state index in [2.05, 4.69) is 39.8 Å². The van der Waals surface area contributed by atoms with Crippen LogP contribution in [0.1, 0.15) is 50.2 Å². The van der Waals surface area contributed by atoms with E-state index in [1.54, 1.807) is 29.5 Å². The van der Waals surface area contributed by atoms with Crippen LogP contribution in [0.2, 0.25) is 0 Å². The van der Waals surface area contributed by atoms with Gasteiger partial charge in [-0.3, -0.25) is 14.2 Å². The minimum absolute atomic E-state index is 0.0898. The molecule has 1 aliphatic heterocycles. The van der Waals surface area contributed by atoms with Gasteiger partial charge >= 0.3 is 0 Å². The summed E-state index contributed by atoms with van der Waals surface area (Å²) in [6.07, 6.45) is 0.641. The standard InChI is InChI=1S/C34H32N6O3S2/c1-22-13-15-24(16-14-22)28-19-26(30-12-7-17-44-30)38-40(28)32(41)21-45-34-37-36-31(39(34)27-10-4-5-11-29(27)43-3)20-35-33(42)25-9-6-8-23(2)18-25/h4-18,28H,19-21H2,1-3H3,(H,35,42)/t28-/m0/s1. The van der Waals surface area contributed by atoms with Gasteiger partial charge in [-0.15, -0.1) is 21.5 Å². The zero-order chi connectivity index (χ0) is 31.3. The van der Waals surface area contributed by atoms with Crippen LogP contribution in [0, 0.1) is 13.8 Å². The van der Waals surface area contributed by atoms with Gasteiger partial charge in [0.2, 0.25) is 0 Å². The van der Waals surface area contributed by atoms with Gasteiger partial charge in [0.1, 0.15) is 5.75 Å². The monoisotopic (exact) mass is 636 g/mol. The van der Waals surface area contributed by atoms with E-state index >= 15 is 0 Å². The number of hydrogen-bond acceptors (Lipinski definition) is 8. The molecule has 228 valence electrons. The van der Waals surface area contributed by atoms with Crippen molar-refractivity contribution in [1.29, 1.82) is 0 Å². The Balaban J connectivity index is 1.26. The number of ether oxygens (including phenoxy) is 1. The fraction of sp³-hybridized carbons (Fsp3) is 0.206. The quantitative estimate of drug-likeness (QED) is 0.179. The molecule has 1 N–H and O–H groups in total.